The van der Waals surface area contributed by atoms with Crippen LogP contribution < -0.4 is 0 Å². The first-order valence-electron chi connectivity index (χ1n) is 5.18. The summed E-state index contributed by atoms with van der Waals surface area (Å²) in [5.74, 6) is -16.8. The van der Waals surface area contributed by atoms with Crippen LogP contribution in [0.5, 0.6) is 5.75 Å². The number of halogens is 13. The van der Waals surface area contributed by atoms with Gasteiger partial charge in [-0.15, -0.1) is 0 Å². The summed E-state index contributed by atoms with van der Waals surface area (Å²) in [6.07, 6.45) is -22.4. The average molecular weight is 384 g/mol. The van der Waals surface area contributed by atoms with Crippen molar-refractivity contribution < 1.29 is 62.2 Å². The van der Waals surface area contributed by atoms with Crippen molar-refractivity contribution in [1.82, 2.24) is 0 Å². The Labute approximate surface area is 122 Å². The Hall–Kier alpha value is -1.89. The molecule has 1 N–H and O–H groups in total. The summed E-state index contributed by atoms with van der Waals surface area (Å²) in [6, 6.07) is 0. The van der Waals surface area contributed by atoms with Gasteiger partial charge in [-0.05, 0) is 0 Å². The van der Waals surface area contributed by atoms with Gasteiger partial charge < -0.3 is 5.11 Å². The molecule has 24 heavy (non-hydrogen) atoms. The van der Waals surface area contributed by atoms with Crippen LogP contribution in [-0.2, 0) is 5.41 Å². The lowest BCUT2D eigenvalue weighted by molar-refractivity contribution is -0.388. The third kappa shape index (κ3) is 2.42. The van der Waals surface area contributed by atoms with E-state index in [1.807, 2.05) is 0 Å². The van der Waals surface area contributed by atoms with E-state index in [9.17, 15) is 57.1 Å². The summed E-state index contributed by atoms with van der Waals surface area (Å²) < 4.78 is 166. The van der Waals surface area contributed by atoms with Crippen molar-refractivity contribution >= 4 is 0 Å². The number of phenolic OH excluding ortho intramolecular Hbond substituents is 1. The van der Waals surface area contributed by atoms with Crippen molar-refractivity contribution in [3.8, 4) is 5.75 Å². The Balaban J connectivity index is 4.27. The van der Waals surface area contributed by atoms with Crippen LogP contribution in [0.3, 0.4) is 0 Å². The van der Waals surface area contributed by atoms with Crippen LogP contribution in [0.1, 0.15) is 5.56 Å². The molecule has 0 bridgehead atoms. The standard InChI is InChI=1S/C10HF13O/c11-2-1(6(24)5(14)4(13)3(2)12)7(8(15,16)17,9(18,19)20)10(21,22)23/h24H. The van der Waals surface area contributed by atoms with Gasteiger partial charge in [0.25, 0.3) is 5.41 Å². The van der Waals surface area contributed by atoms with Gasteiger partial charge >= 0.3 is 18.5 Å². The van der Waals surface area contributed by atoms with Gasteiger partial charge in [0.05, 0.1) is 5.56 Å². The predicted octanol–water partition coefficient (Wildman–Crippen LogP) is 4.87. The monoisotopic (exact) mass is 384 g/mol. The van der Waals surface area contributed by atoms with Gasteiger partial charge in [-0.1, -0.05) is 0 Å². The maximum atomic E-state index is 13.3. The first-order chi connectivity index (χ1) is 10.4. The molecule has 138 valence electrons. The van der Waals surface area contributed by atoms with E-state index in [-0.39, 0.29) is 0 Å². The van der Waals surface area contributed by atoms with E-state index in [0.717, 1.165) is 0 Å². The molecule has 0 aliphatic rings. The van der Waals surface area contributed by atoms with E-state index in [4.69, 9.17) is 5.11 Å². The maximum absolute atomic E-state index is 13.3. The molecule has 0 aromatic heterocycles. The zero-order valence-corrected chi connectivity index (χ0v) is 10.4. The molecule has 0 saturated heterocycles. The zero-order chi connectivity index (χ0) is 19.5. The van der Waals surface area contributed by atoms with Crippen LogP contribution in [0.4, 0.5) is 57.1 Å². The molecular formula is C10HF13O. The SMILES string of the molecule is Oc1c(F)c(F)c(F)c(F)c1C(C(F)(F)F)(C(F)(F)F)C(F)(F)F. The highest BCUT2D eigenvalue weighted by Crippen LogP contribution is 2.62. The quantitative estimate of drug-likeness (QED) is 0.416. The molecule has 0 amide bonds. The van der Waals surface area contributed by atoms with E-state index in [1.165, 1.54) is 0 Å². The normalized spacial score (nSPS) is 14.2. The van der Waals surface area contributed by atoms with Crippen molar-refractivity contribution in [3.63, 3.8) is 0 Å². The van der Waals surface area contributed by atoms with Crippen LogP contribution in [-0.4, -0.2) is 23.6 Å². The lowest BCUT2D eigenvalue weighted by Gasteiger charge is -2.39. The third-order valence-electron chi connectivity index (χ3n) is 2.89. The Kier molecular flexibility index (Phi) is 4.46. The van der Waals surface area contributed by atoms with Crippen LogP contribution in [0.2, 0.25) is 0 Å². The van der Waals surface area contributed by atoms with Crippen molar-refractivity contribution in [1.29, 1.82) is 0 Å². The molecule has 0 aliphatic carbocycles. The molecule has 1 nitrogen and oxygen atoms in total. The molecule has 0 unspecified atom stereocenters. The van der Waals surface area contributed by atoms with Gasteiger partial charge in [-0.2, -0.15) is 43.9 Å². The van der Waals surface area contributed by atoms with E-state index < -0.39 is 58.5 Å². The number of benzene rings is 1. The van der Waals surface area contributed by atoms with Gasteiger partial charge in [0.1, 0.15) is 0 Å². The van der Waals surface area contributed by atoms with E-state index in [2.05, 4.69) is 0 Å². The molecule has 0 saturated carbocycles. The molecule has 1 rings (SSSR count). The minimum absolute atomic E-state index is 3.10. The summed E-state index contributed by atoms with van der Waals surface area (Å²) >= 11 is 0. The summed E-state index contributed by atoms with van der Waals surface area (Å²) in [6.45, 7) is 0. The second-order valence-electron chi connectivity index (χ2n) is 4.22. The fourth-order valence-corrected chi connectivity index (χ4v) is 1.87. The average Bonchev–Trinajstić information content (AvgIpc) is 2.34. The summed E-state index contributed by atoms with van der Waals surface area (Å²) in [5, 5.41) is 8.79. The number of rotatable bonds is 1. The number of hydrogen-bond donors (Lipinski definition) is 1. The highest BCUT2D eigenvalue weighted by molar-refractivity contribution is 5.46. The minimum atomic E-state index is -7.46. The van der Waals surface area contributed by atoms with Crippen molar-refractivity contribution in [3.05, 3.63) is 28.8 Å². The van der Waals surface area contributed by atoms with Gasteiger partial charge in [-0.3, -0.25) is 0 Å². The predicted molar refractivity (Wildman–Crippen MR) is 47.8 cm³/mol. The fraction of sp³-hybridized carbons (Fsp3) is 0.400. The first-order valence-corrected chi connectivity index (χ1v) is 5.18. The highest BCUT2D eigenvalue weighted by atomic mass is 19.4. The molecule has 0 heterocycles. The Bertz CT molecular complexity index is 586. The van der Waals surface area contributed by atoms with Gasteiger partial charge in [0.15, 0.2) is 17.4 Å². The second-order valence-corrected chi connectivity index (χ2v) is 4.22. The molecule has 1 aromatic rings. The largest absolute Gasteiger partial charge is 0.504 e. The van der Waals surface area contributed by atoms with Gasteiger partial charge in [0, 0.05) is 0 Å². The summed E-state index contributed by atoms with van der Waals surface area (Å²) in [4.78, 5) is 0. The molecule has 0 spiro atoms. The first kappa shape index (κ1) is 20.2. The summed E-state index contributed by atoms with van der Waals surface area (Å²) in [7, 11) is 0. The molecular weight excluding hydrogens is 383 g/mol. The summed E-state index contributed by atoms with van der Waals surface area (Å²) in [5.41, 5.74) is -11.1. The topological polar surface area (TPSA) is 20.2 Å². The van der Waals surface area contributed by atoms with E-state index in [0.29, 0.717) is 0 Å². The number of aromatic hydroxyl groups is 1. The Morgan fingerprint density at radius 1 is 0.500 bits per heavy atom. The molecule has 0 atom stereocenters. The van der Waals surface area contributed by atoms with E-state index in [1.54, 1.807) is 0 Å². The van der Waals surface area contributed by atoms with Crippen LogP contribution in [0.15, 0.2) is 0 Å². The molecule has 0 fully saturated rings. The Morgan fingerprint density at radius 3 is 1.08 bits per heavy atom. The lowest BCUT2D eigenvalue weighted by atomic mass is 9.76. The fourth-order valence-electron chi connectivity index (χ4n) is 1.87. The minimum Gasteiger partial charge on any atom is -0.504 e. The zero-order valence-electron chi connectivity index (χ0n) is 10.4. The van der Waals surface area contributed by atoms with Crippen molar-refractivity contribution in [2.75, 3.05) is 0 Å². The number of hydrogen-bond acceptors (Lipinski definition) is 1. The van der Waals surface area contributed by atoms with Crippen LogP contribution in [0, 0.1) is 23.3 Å². The van der Waals surface area contributed by atoms with Crippen LogP contribution in [0.25, 0.3) is 0 Å². The number of phenols is 1. The van der Waals surface area contributed by atoms with Gasteiger partial charge in [-0.25, -0.2) is 13.2 Å². The lowest BCUT2D eigenvalue weighted by Crippen LogP contribution is -2.63. The maximum Gasteiger partial charge on any atom is 0.416 e. The molecule has 14 heteroatoms. The molecule has 0 radical (unpaired) electrons. The van der Waals surface area contributed by atoms with Gasteiger partial charge in [0.2, 0.25) is 11.6 Å². The smallest absolute Gasteiger partial charge is 0.416 e. The van der Waals surface area contributed by atoms with E-state index >= 15 is 0 Å². The molecule has 0 aliphatic heterocycles. The second kappa shape index (κ2) is 5.31. The van der Waals surface area contributed by atoms with Crippen LogP contribution >= 0.6 is 0 Å². The highest BCUT2D eigenvalue weighted by Gasteiger charge is 2.86. The molecule has 1 aromatic carbocycles. The van der Waals surface area contributed by atoms with Crippen molar-refractivity contribution in [2.24, 2.45) is 0 Å². The number of alkyl halides is 9. The van der Waals surface area contributed by atoms with Crippen molar-refractivity contribution in [2.45, 2.75) is 23.9 Å². The Morgan fingerprint density at radius 2 is 0.792 bits per heavy atom. The third-order valence-corrected chi connectivity index (χ3v) is 2.89.